The normalized spacial score (nSPS) is 12.8. The minimum absolute atomic E-state index is 0.187. The second-order valence-electron chi connectivity index (χ2n) is 14.4. The number of unbranched alkanes of at least 4 members (excludes halogenated alkanes) is 28. The van der Waals surface area contributed by atoms with Crippen LogP contribution >= 0.6 is 0 Å². The molecule has 0 amide bonds. The number of rotatable bonds is 36. The maximum atomic E-state index is 12.5. The molecule has 5 nitrogen and oxygen atoms in total. The minimum atomic E-state index is -0.547. The van der Waals surface area contributed by atoms with E-state index in [1.165, 1.54) is 167 Å². The summed E-state index contributed by atoms with van der Waals surface area (Å²) in [6.07, 6.45) is 39.1. The summed E-state index contributed by atoms with van der Waals surface area (Å²) in [5, 5.41) is 0. The topological polar surface area (TPSA) is 55.8 Å². The van der Waals surface area contributed by atoms with E-state index in [4.69, 9.17) is 9.47 Å². The van der Waals surface area contributed by atoms with Gasteiger partial charge in [0.25, 0.3) is 0 Å². The van der Waals surface area contributed by atoms with Crippen LogP contribution in [0.1, 0.15) is 226 Å². The molecule has 0 radical (unpaired) electrons. The van der Waals surface area contributed by atoms with E-state index in [0.717, 1.165) is 25.7 Å². The van der Waals surface area contributed by atoms with Crippen molar-refractivity contribution in [2.75, 3.05) is 14.1 Å². The van der Waals surface area contributed by atoms with E-state index in [-0.39, 0.29) is 11.9 Å². The van der Waals surface area contributed by atoms with Crippen LogP contribution in [0.3, 0.4) is 0 Å². The van der Waals surface area contributed by atoms with E-state index >= 15 is 0 Å². The molecule has 0 heterocycles. The first-order chi connectivity index (χ1) is 22.4. The predicted octanol–water partition coefficient (Wildman–Crippen LogP) is 12.9. The van der Waals surface area contributed by atoms with Gasteiger partial charge in [0.15, 0.2) is 6.23 Å². The van der Waals surface area contributed by atoms with Crippen LogP contribution in [0.2, 0.25) is 0 Å². The molecule has 0 aromatic carbocycles. The Bertz CT molecular complexity index is 652. The summed E-state index contributed by atoms with van der Waals surface area (Å²) in [5.41, 5.74) is 0. The van der Waals surface area contributed by atoms with Gasteiger partial charge in [-0.1, -0.05) is 194 Å². The van der Waals surface area contributed by atoms with Crippen LogP contribution in [-0.4, -0.2) is 43.3 Å². The van der Waals surface area contributed by atoms with E-state index in [1.807, 2.05) is 25.9 Å². The molecule has 0 aliphatic heterocycles. The molecule has 0 aromatic heterocycles. The first kappa shape index (κ1) is 44.9. The summed E-state index contributed by atoms with van der Waals surface area (Å²) in [7, 11) is 3.73. The van der Waals surface area contributed by atoms with Crippen molar-refractivity contribution < 1.29 is 19.1 Å². The van der Waals surface area contributed by atoms with Crippen molar-refractivity contribution in [1.29, 1.82) is 0 Å². The van der Waals surface area contributed by atoms with Crippen LogP contribution in [-0.2, 0) is 19.1 Å². The standard InChI is InChI=1S/C41H81NO4/c1-6-8-10-12-14-16-18-20-22-24-26-28-30-32-34-36-39(43)45-38(3)41(42(4)5)46-40(44)37-35-33-31-29-27-25-23-21-19-17-15-13-11-9-7-2/h38,41H,6-37H2,1-5H3. The molecule has 46 heavy (non-hydrogen) atoms. The largest absolute Gasteiger partial charge is 0.457 e. The number of ether oxygens (including phenoxy) is 2. The van der Waals surface area contributed by atoms with Crippen molar-refractivity contribution in [1.82, 2.24) is 4.90 Å². The van der Waals surface area contributed by atoms with Gasteiger partial charge in [0.05, 0.1) is 0 Å². The van der Waals surface area contributed by atoms with Crippen LogP contribution in [0.5, 0.6) is 0 Å². The average molecular weight is 652 g/mol. The lowest BCUT2D eigenvalue weighted by Gasteiger charge is -2.29. The lowest BCUT2D eigenvalue weighted by Crippen LogP contribution is -2.43. The second-order valence-corrected chi connectivity index (χ2v) is 14.4. The summed E-state index contributed by atoms with van der Waals surface area (Å²) in [6.45, 7) is 6.38. The molecule has 0 fully saturated rings. The first-order valence-corrected chi connectivity index (χ1v) is 20.5. The number of carbonyl (C=O) groups is 2. The highest BCUT2D eigenvalue weighted by Crippen LogP contribution is 2.17. The fraction of sp³-hybridized carbons (Fsp3) is 0.951. The van der Waals surface area contributed by atoms with Crippen molar-refractivity contribution in [2.45, 2.75) is 239 Å². The van der Waals surface area contributed by atoms with E-state index < -0.39 is 12.3 Å². The Morgan fingerprint density at radius 3 is 0.913 bits per heavy atom. The second kappa shape index (κ2) is 35.2. The maximum Gasteiger partial charge on any atom is 0.307 e. The number of nitrogens with zero attached hydrogens (tertiary/aromatic N) is 1. The highest BCUT2D eigenvalue weighted by Gasteiger charge is 2.26. The third kappa shape index (κ3) is 31.5. The molecule has 0 saturated carbocycles. The molecule has 2 atom stereocenters. The smallest absolute Gasteiger partial charge is 0.307 e. The molecular formula is C41H81NO4. The summed E-state index contributed by atoms with van der Waals surface area (Å²) in [6, 6.07) is 0. The van der Waals surface area contributed by atoms with Gasteiger partial charge in [-0.05, 0) is 33.9 Å². The van der Waals surface area contributed by atoms with Crippen LogP contribution in [0.15, 0.2) is 0 Å². The number of hydrogen-bond acceptors (Lipinski definition) is 5. The molecule has 0 saturated heterocycles. The monoisotopic (exact) mass is 652 g/mol. The van der Waals surface area contributed by atoms with Crippen molar-refractivity contribution in [3.63, 3.8) is 0 Å². The van der Waals surface area contributed by atoms with Crippen molar-refractivity contribution >= 4 is 11.9 Å². The van der Waals surface area contributed by atoms with Crippen LogP contribution in [0.25, 0.3) is 0 Å². The Morgan fingerprint density at radius 2 is 0.652 bits per heavy atom. The summed E-state index contributed by atoms with van der Waals surface area (Å²) < 4.78 is 11.4. The van der Waals surface area contributed by atoms with Crippen molar-refractivity contribution in [2.24, 2.45) is 0 Å². The SMILES string of the molecule is CCCCCCCCCCCCCCCCCC(=O)OC(C)C(OC(=O)CCCCCCCCCCCCCCCCC)N(C)C. The van der Waals surface area contributed by atoms with Crippen molar-refractivity contribution in [3.8, 4) is 0 Å². The van der Waals surface area contributed by atoms with Crippen LogP contribution in [0.4, 0.5) is 0 Å². The highest BCUT2D eigenvalue weighted by molar-refractivity contribution is 5.70. The van der Waals surface area contributed by atoms with Gasteiger partial charge in [0, 0.05) is 12.8 Å². The molecule has 0 aromatic rings. The van der Waals surface area contributed by atoms with Gasteiger partial charge in [0.2, 0.25) is 0 Å². The van der Waals surface area contributed by atoms with Gasteiger partial charge in [-0.25, -0.2) is 0 Å². The minimum Gasteiger partial charge on any atom is -0.457 e. The van der Waals surface area contributed by atoms with Gasteiger partial charge in [-0.3, -0.25) is 14.5 Å². The summed E-state index contributed by atoms with van der Waals surface area (Å²) >= 11 is 0. The van der Waals surface area contributed by atoms with Crippen LogP contribution < -0.4 is 0 Å². The summed E-state index contributed by atoms with van der Waals surface area (Å²) in [5.74, 6) is -0.383. The fourth-order valence-electron chi connectivity index (χ4n) is 6.42. The zero-order valence-electron chi connectivity index (χ0n) is 31.9. The Kier molecular flexibility index (Phi) is 34.4. The molecule has 0 aliphatic carbocycles. The van der Waals surface area contributed by atoms with E-state index in [2.05, 4.69) is 13.8 Å². The number of hydrogen-bond donors (Lipinski definition) is 0. The lowest BCUT2D eigenvalue weighted by atomic mass is 10.0. The molecule has 0 rings (SSSR count). The zero-order chi connectivity index (χ0) is 33.9. The van der Waals surface area contributed by atoms with Crippen molar-refractivity contribution in [3.05, 3.63) is 0 Å². The van der Waals surface area contributed by atoms with Gasteiger partial charge < -0.3 is 9.47 Å². The number of carbonyl (C=O) groups excluding carboxylic acids is 2. The Balaban J connectivity index is 3.74. The van der Waals surface area contributed by atoms with Gasteiger partial charge >= 0.3 is 11.9 Å². The van der Waals surface area contributed by atoms with Gasteiger partial charge in [-0.2, -0.15) is 0 Å². The third-order valence-corrected chi connectivity index (χ3v) is 9.45. The van der Waals surface area contributed by atoms with Gasteiger partial charge in [0.1, 0.15) is 6.10 Å². The first-order valence-electron chi connectivity index (χ1n) is 20.5. The van der Waals surface area contributed by atoms with E-state index in [9.17, 15) is 9.59 Å². The Morgan fingerprint density at radius 1 is 0.413 bits per heavy atom. The quantitative estimate of drug-likeness (QED) is 0.0383. The Hall–Kier alpha value is -1.10. The molecule has 274 valence electrons. The average Bonchev–Trinajstić information content (AvgIpc) is 3.03. The third-order valence-electron chi connectivity index (χ3n) is 9.45. The van der Waals surface area contributed by atoms with Gasteiger partial charge in [-0.15, -0.1) is 0 Å². The molecule has 0 spiro atoms. The Labute approximate surface area is 288 Å². The highest BCUT2D eigenvalue weighted by atomic mass is 16.6. The molecule has 0 aliphatic rings. The van der Waals surface area contributed by atoms with E-state index in [1.54, 1.807) is 0 Å². The fourth-order valence-corrected chi connectivity index (χ4v) is 6.42. The molecule has 0 bridgehead atoms. The summed E-state index contributed by atoms with van der Waals surface area (Å²) in [4.78, 5) is 26.8. The lowest BCUT2D eigenvalue weighted by molar-refractivity contribution is -0.179. The zero-order valence-corrected chi connectivity index (χ0v) is 31.9. The number of likely N-dealkylation sites (N-methyl/N-ethyl adjacent to an activating group) is 1. The molecule has 2 unspecified atom stereocenters. The molecular weight excluding hydrogens is 570 g/mol. The van der Waals surface area contributed by atoms with Crippen LogP contribution in [0, 0.1) is 0 Å². The number of esters is 2. The van der Waals surface area contributed by atoms with E-state index in [0.29, 0.717) is 12.8 Å². The predicted molar refractivity (Wildman–Crippen MR) is 198 cm³/mol. The maximum absolute atomic E-state index is 12.5. The molecule has 5 heteroatoms. The molecule has 0 N–H and O–H groups in total.